The Labute approximate surface area is 189 Å². The number of nitriles is 1. The van der Waals surface area contributed by atoms with Crippen molar-refractivity contribution in [3.63, 3.8) is 0 Å². The number of carboxylic acid groups (broad SMARTS) is 1. The van der Waals surface area contributed by atoms with Crippen LogP contribution in [0.3, 0.4) is 0 Å². The number of carbonyl (C=O) groups is 2. The smallest absolute Gasteiger partial charge is 0.323 e. The maximum absolute atomic E-state index is 12.7. The van der Waals surface area contributed by atoms with Crippen LogP contribution < -0.4 is 10.1 Å². The Bertz CT molecular complexity index is 1380. The minimum atomic E-state index is -0.982. The lowest BCUT2D eigenvalue weighted by atomic mass is 10.1. The monoisotopic (exact) mass is 437 g/mol. The number of para-hydroxylation sites is 2. The van der Waals surface area contributed by atoms with Gasteiger partial charge in [0, 0.05) is 28.4 Å². The fourth-order valence-corrected chi connectivity index (χ4v) is 3.40. The summed E-state index contributed by atoms with van der Waals surface area (Å²) < 4.78 is 7.31. The number of hydrogen-bond acceptors (Lipinski definition) is 4. The predicted molar refractivity (Wildman–Crippen MR) is 125 cm³/mol. The van der Waals surface area contributed by atoms with E-state index in [1.807, 2.05) is 48.5 Å². The summed E-state index contributed by atoms with van der Waals surface area (Å²) in [5.74, 6) is -0.235. The molecule has 1 heterocycles. The molecule has 1 amide bonds. The third-order valence-electron chi connectivity index (χ3n) is 4.88. The Morgan fingerprint density at radius 1 is 0.970 bits per heavy atom. The first-order chi connectivity index (χ1) is 16.0. The van der Waals surface area contributed by atoms with Gasteiger partial charge in [-0.3, -0.25) is 9.59 Å². The molecular weight excluding hydrogens is 418 g/mol. The number of aromatic nitrogens is 1. The molecule has 7 heteroatoms. The maximum Gasteiger partial charge on any atom is 0.323 e. The molecule has 0 aliphatic rings. The lowest BCUT2D eigenvalue weighted by Crippen LogP contribution is -2.13. The third-order valence-corrected chi connectivity index (χ3v) is 4.88. The standard InChI is InChI=1S/C26H19N3O4/c27-15-18(14-19-16-29(17-25(30)31)24-9-5-4-8-23(19)24)26(32)28-20-10-12-22(13-11-20)33-21-6-2-1-3-7-21/h1-14,16H,17H2,(H,28,32)(H,30,31). The summed E-state index contributed by atoms with van der Waals surface area (Å²) in [5.41, 5.74) is 1.70. The predicted octanol–water partition coefficient (Wildman–Crippen LogP) is 5.06. The number of carbonyl (C=O) groups excluding carboxylic acids is 1. The fourth-order valence-electron chi connectivity index (χ4n) is 3.40. The molecule has 0 atom stereocenters. The molecule has 0 saturated carbocycles. The SMILES string of the molecule is N#CC(=Cc1cn(CC(=O)O)c2ccccc12)C(=O)Nc1ccc(Oc2ccccc2)cc1. The first kappa shape index (κ1) is 21.4. The van der Waals surface area contributed by atoms with E-state index in [-0.39, 0.29) is 12.1 Å². The van der Waals surface area contributed by atoms with Gasteiger partial charge in [0.15, 0.2) is 0 Å². The summed E-state index contributed by atoms with van der Waals surface area (Å²) in [6.45, 7) is -0.222. The van der Waals surface area contributed by atoms with Gasteiger partial charge in [0.25, 0.3) is 5.91 Å². The van der Waals surface area contributed by atoms with Crippen molar-refractivity contribution in [3.8, 4) is 17.6 Å². The lowest BCUT2D eigenvalue weighted by molar-refractivity contribution is -0.137. The lowest BCUT2D eigenvalue weighted by Gasteiger charge is -2.08. The zero-order valence-electron chi connectivity index (χ0n) is 17.4. The van der Waals surface area contributed by atoms with Crippen LogP contribution >= 0.6 is 0 Å². The van der Waals surface area contributed by atoms with Crippen molar-refractivity contribution in [3.05, 3.63) is 96.2 Å². The van der Waals surface area contributed by atoms with Crippen LogP contribution in [0.5, 0.6) is 11.5 Å². The molecule has 0 spiro atoms. The highest BCUT2D eigenvalue weighted by Crippen LogP contribution is 2.25. The number of anilines is 1. The second-order valence-electron chi connectivity index (χ2n) is 7.19. The number of fused-ring (bicyclic) bond motifs is 1. The van der Waals surface area contributed by atoms with Crippen LogP contribution in [0.2, 0.25) is 0 Å². The summed E-state index contributed by atoms with van der Waals surface area (Å²) >= 11 is 0. The van der Waals surface area contributed by atoms with Gasteiger partial charge in [-0.2, -0.15) is 5.26 Å². The average Bonchev–Trinajstić information content (AvgIpc) is 3.16. The van der Waals surface area contributed by atoms with Gasteiger partial charge in [0.05, 0.1) is 0 Å². The number of nitrogens with one attached hydrogen (secondary N) is 1. The number of aliphatic carboxylic acids is 1. The van der Waals surface area contributed by atoms with E-state index < -0.39 is 11.9 Å². The molecule has 3 aromatic carbocycles. The molecular formula is C26H19N3O4. The van der Waals surface area contributed by atoms with Crippen LogP contribution in [0.15, 0.2) is 90.6 Å². The molecule has 0 aliphatic carbocycles. The van der Waals surface area contributed by atoms with Gasteiger partial charge in [-0.1, -0.05) is 36.4 Å². The zero-order chi connectivity index (χ0) is 23.2. The van der Waals surface area contributed by atoms with Crippen LogP contribution in [0.1, 0.15) is 5.56 Å². The Morgan fingerprint density at radius 3 is 2.33 bits per heavy atom. The molecule has 33 heavy (non-hydrogen) atoms. The molecule has 162 valence electrons. The second kappa shape index (κ2) is 9.54. The van der Waals surface area contributed by atoms with E-state index in [1.54, 1.807) is 47.2 Å². The van der Waals surface area contributed by atoms with E-state index in [0.717, 1.165) is 5.39 Å². The molecule has 0 unspecified atom stereocenters. The molecule has 0 fully saturated rings. The van der Waals surface area contributed by atoms with Crippen molar-refractivity contribution in [2.24, 2.45) is 0 Å². The van der Waals surface area contributed by atoms with Gasteiger partial charge in [-0.15, -0.1) is 0 Å². The largest absolute Gasteiger partial charge is 0.480 e. The topological polar surface area (TPSA) is 104 Å². The van der Waals surface area contributed by atoms with Crippen molar-refractivity contribution in [1.82, 2.24) is 4.57 Å². The fraction of sp³-hybridized carbons (Fsp3) is 0.0385. The van der Waals surface area contributed by atoms with E-state index in [0.29, 0.717) is 28.3 Å². The molecule has 4 aromatic rings. The van der Waals surface area contributed by atoms with E-state index >= 15 is 0 Å². The highest BCUT2D eigenvalue weighted by molar-refractivity contribution is 6.10. The average molecular weight is 437 g/mol. The van der Waals surface area contributed by atoms with Gasteiger partial charge in [0.1, 0.15) is 29.7 Å². The summed E-state index contributed by atoms with van der Waals surface area (Å²) in [7, 11) is 0. The van der Waals surface area contributed by atoms with Crippen LogP contribution in [-0.4, -0.2) is 21.6 Å². The van der Waals surface area contributed by atoms with E-state index in [4.69, 9.17) is 9.84 Å². The number of nitrogens with zero attached hydrogens (tertiary/aromatic N) is 2. The molecule has 0 bridgehead atoms. The molecule has 7 nitrogen and oxygen atoms in total. The van der Waals surface area contributed by atoms with Crippen LogP contribution in [0, 0.1) is 11.3 Å². The Morgan fingerprint density at radius 2 is 1.64 bits per heavy atom. The van der Waals surface area contributed by atoms with Gasteiger partial charge in [-0.25, -0.2) is 0 Å². The van der Waals surface area contributed by atoms with Crippen molar-refractivity contribution in [2.75, 3.05) is 5.32 Å². The first-order valence-electron chi connectivity index (χ1n) is 10.1. The molecule has 0 aliphatic heterocycles. The van der Waals surface area contributed by atoms with Gasteiger partial charge < -0.3 is 19.7 Å². The van der Waals surface area contributed by atoms with Gasteiger partial charge in [-0.05, 0) is 48.5 Å². The Hall–Kier alpha value is -4.83. The summed E-state index contributed by atoms with van der Waals surface area (Å²) in [4.78, 5) is 23.9. The molecule has 2 N–H and O–H groups in total. The Kier molecular flexibility index (Phi) is 6.19. The van der Waals surface area contributed by atoms with Crippen molar-refractivity contribution in [2.45, 2.75) is 6.54 Å². The van der Waals surface area contributed by atoms with Crippen LogP contribution in [0.25, 0.3) is 17.0 Å². The number of hydrogen-bond donors (Lipinski definition) is 2. The normalized spacial score (nSPS) is 11.1. The first-order valence-corrected chi connectivity index (χ1v) is 10.1. The summed E-state index contributed by atoms with van der Waals surface area (Å²) in [5, 5.41) is 22.2. The van der Waals surface area contributed by atoms with Crippen molar-refractivity contribution in [1.29, 1.82) is 5.26 Å². The Balaban J connectivity index is 1.53. The number of ether oxygens (including phenoxy) is 1. The number of benzene rings is 3. The highest BCUT2D eigenvalue weighted by Gasteiger charge is 2.14. The number of carboxylic acids is 1. The minimum Gasteiger partial charge on any atom is -0.480 e. The highest BCUT2D eigenvalue weighted by atomic mass is 16.5. The van der Waals surface area contributed by atoms with Crippen molar-refractivity contribution >= 4 is 34.5 Å². The number of rotatable bonds is 7. The van der Waals surface area contributed by atoms with E-state index in [9.17, 15) is 14.9 Å². The molecule has 1 aromatic heterocycles. The summed E-state index contributed by atoms with van der Waals surface area (Å²) in [6.07, 6.45) is 3.09. The van der Waals surface area contributed by atoms with Crippen LogP contribution in [0.4, 0.5) is 5.69 Å². The zero-order valence-corrected chi connectivity index (χ0v) is 17.4. The van der Waals surface area contributed by atoms with Crippen LogP contribution in [-0.2, 0) is 16.1 Å². The maximum atomic E-state index is 12.7. The summed E-state index contributed by atoms with van der Waals surface area (Å²) in [6, 6.07) is 25.3. The minimum absolute atomic E-state index is 0.0992. The third kappa shape index (κ3) is 5.09. The quantitative estimate of drug-likeness (QED) is 0.310. The van der Waals surface area contributed by atoms with E-state index in [2.05, 4.69) is 5.32 Å². The van der Waals surface area contributed by atoms with Gasteiger partial charge >= 0.3 is 5.97 Å². The molecule has 0 radical (unpaired) electrons. The van der Waals surface area contributed by atoms with Crippen molar-refractivity contribution < 1.29 is 19.4 Å². The van der Waals surface area contributed by atoms with E-state index in [1.165, 1.54) is 6.08 Å². The molecule has 0 saturated heterocycles. The van der Waals surface area contributed by atoms with Gasteiger partial charge in [0.2, 0.25) is 0 Å². The second-order valence-corrected chi connectivity index (χ2v) is 7.19. The number of amides is 1. The molecule has 4 rings (SSSR count).